The van der Waals surface area contributed by atoms with E-state index in [-0.39, 0.29) is 17.6 Å². The largest absolute Gasteiger partial charge is 0.506 e. The lowest BCUT2D eigenvalue weighted by Gasteiger charge is -2.35. The number of aryl methyl sites for hydroxylation is 1. The smallest absolute Gasteiger partial charge is 0.271 e. The van der Waals surface area contributed by atoms with Gasteiger partial charge in [0, 0.05) is 50.9 Å². The molecule has 0 atom stereocenters. The van der Waals surface area contributed by atoms with Crippen LogP contribution >= 0.6 is 0 Å². The van der Waals surface area contributed by atoms with Crippen molar-refractivity contribution >= 4 is 17.6 Å². The van der Waals surface area contributed by atoms with E-state index in [1.807, 2.05) is 36.1 Å². The Morgan fingerprint density at radius 2 is 1.83 bits per heavy atom. The van der Waals surface area contributed by atoms with Crippen LogP contribution in [0.2, 0.25) is 0 Å². The van der Waals surface area contributed by atoms with Crippen LogP contribution in [-0.4, -0.2) is 69.7 Å². The first-order valence-electron chi connectivity index (χ1n) is 11.9. The number of benzene rings is 1. The van der Waals surface area contributed by atoms with E-state index in [9.17, 15) is 14.7 Å². The van der Waals surface area contributed by atoms with E-state index < -0.39 is 0 Å². The van der Waals surface area contributed by atoms with E-state index in [2.05, 4.69) is 25.4 Å². The highest BCUT2D eigenvalue weighted by atomic mass is 16.3. The number of amides is 2. The number of carbonyl (C=O) groups is 2. The van der Waals surface area contributed by atoms with Crippen molar-refractivity contribution in [2.45, 2.75) is 26.2 Å². The van der Waals surface area contributed by atoms with Crippen LogP contribution in [0.5, 0.6) is 5.75 Å². The van der Waals surface area contributed by atoms with Crippen LogP contribution in [0, 0.1) is 0 Å². The molecule has 0 spiro atoms. The van der Waals surface area contributed by atoms with Crippen LogP contribution in [-0.2, 0) is 11.2 Å². The van der Waals surface area contributed by atoms with Crippen LogP contribution in [0.3, 0.4) is 0 Å². The zero-order valence-corrected chi connectivity index (χ0v) is 19.9. The first-order valence-corrected chi connectivity index (χ1v) is 11.9. The number of anilines is 1. The van der Waals surface area contributed by atoms with Crippen molar-refractivity contribution in [2.75, 3.05) is 37.6 Å². The molecule has 1 aliphatic heterocycles. The quantitative estimate of drug-likeness (QED) is 0.516. The summed E-state index contributed by atoms with van der Waals surface area (Å²) in [6.07, 6.45) is 5.00. The molecule has 3 heterocycles. The summed E-state index contributed by atoms with van der Waals surface area (Å²) >= 11 is 0. The van der Waals surface area contributed by atoms with Crippen LogP contribution < -0.4 is 10.2 Å². The molecular weight excluding hydrogens is 444 g/mol. The van der Waals surface area contributed by atoms with Gasteiger partial charge in [-0.3, -0.25) is 14.6 Å². The molecule has 0 aliphatic carbocycles. The average molecular weight is 475 g/mol. The number of carbonyl (C=O) groups excluding carboxylic acids is 2. The number of pyridine rings is 1. The molecule has 0 unspecified atom stereocenters. The van der Waals surface area contributed by atoms with Gasteiger partial charge in [-0.15, -0.1) is 10.2 Å². The third kappa shape index (κ3) is 6.11. The van der Waals surface area contributed by atoms with Gasteiger partial charge in [0.25, 0.3) is 5.91 Å². The Kier molecular flexibility index (Phi) is 7.87. The Bertz CT molecular complexity index is 1160. The first-order chi connectivity index (χ1) is 17.0. The van der Waals surface area contributed by atoms with Gasteiger partial charge in [-0.2, -0.15) is 0 Å². The van der Waals surface area contributed by atoms with Crippen molar-refractivity contribution in [3.05, 3.63) is 66.1 Å². The fraction of sp³-hybridized carbons (Fsp3) is 0.346. The molecule has 0 saturated carbocycles. The molecule has 9 nitrogen and oxygen atoms in total. The Balaban J connectivity index is 1.30. The Morgan fingerprint density at radius 1 is 1.03 bits per heavy atom. The molecule has 0 bridgehead atoms. The van der Waals surface area contributed by atoms with Crippen molar-refractivity contribution in [3.63, 3.8) is 0 Å². The minimum Gasteiger partial charge on any atom is -0.506 e. The normalized spacial score (nSPS) is 13.5. The maximum atomic E-state index is 12.9. The van der Waals surface area contributed by atoms with Crippen LogP contribution in [0.4, 0.5) is 5.82 Å². The van der Waals surface area contributed by atoms with Gasteiger partial charge in [-0.1, -0.05) is 31.2 Å². The second kappa shape index (κ2) is 11.4. The minimum atomic E-state index is -0.219. The van der Waals surface area contributed by atoms with E-state index in [1.54, 1.807) is 24.4 Å². The van der Waals surface area contributed by atoms with Crippen LogP contribution in [0.25, 0.3) is 11.1 Å². The van der Waals surface area contributed by atoms with Gasteiger partial charge in [0.2, 0.25) is 5.91 Å². The van der Waals surface area contributed by atoms with Gasteiger partial charge >= 0.3 is 0 Å². The Labute approximate surface area is 204 Å². The number of nitrogens with one attached hydrogen (secondary N) is 1. The van der Waals surface area contributed by atoms with Crippen LogP contribution in [0.1, 0.15) is 35.8 Å². The third-order valence-electron chi connectivity index (χ3n) is 6.04. The Hall–Kier alpha value is -4.01. The molecule has 2 amide bonds. The van der Waals surface area contributed by atoms with E-state index in [4.69, 9.17) is 0 Å². The summed E-state index contributed by atoms with van der Waals surface area (Å²) in [5, 5.41) is 20.8. The summed E-state index contributed by atoms with van der Waals surface area (Å²) in [7, 11) is 0. The second-order valence-electron chi connectivity index (χ2n) is 8.49. The molecular formula is C26H30N6O3. The lowest BCUT2D eigenvalue weighted by atomic mass is 9.97. The van der Waals surface area contributed by atoms with Gasteiger partial charge in [0.15, 0.2) is 11.5 Å². The molecule has 9 heteroatoms. The van der Waals surface area contributed by atoms with Crippen molar-refractivity contribution < 1.29 is 14.7 Å². The van der Waals surface area contributed by atoms with Crippen LogP contribution in [0.15, 0.2) is 54.9 Å². The highest BCUT2D eigenvalue weighted by Crippen LogP contribution is 2.26. The maximum absolute atomic E-state index is 12.9. The summed E-state index contributed by atoms with van der Waals surface area (Å²) in [6, 6.07) is 13.1. The molecule has 1 saturated heterocycles. The van der Waals surface area contributed by atoms with Gasteiger partial charge in [-0.05, 0) is 42.2 Å². The van der Waals surface area contributed by atoms with E-state index >= 15 is 0 Å². The second-order valence-corrected chi connectivity index (χ2v) is 8.49. The molecule has 2 N–H and O–H groups in total. The molecule has 1 aromatic carbocycles. The number of nitrogens with zero attached hydrogens (tertiary/aromatic N) is 5. The zero-order valence-electron chi connectivity index (χ0n) is 19.9. The summed E-state index contributed by atoms with van der Waals surface area (Å²) in [6.45, 7) is 5.14. The zero-order chi connectivity index (χ0) is 24.6. The molecule has 35 heavy (non-hydrogen) atoms. The predicted octanol–water partition coefficient (Wildman–Crippen LogP) is 2.67. The van der Waals surface area contributed by atoms with Crippen molar-refractivity contribution in [1.82, 2.24) is 25.4 Å². The van der Waals surface area contributed by atoms with Crippen molar-refractivity contribution in [3.8, 4) is 16.9 Å². The number of hydrogen-bond acceptors (Lipinski definition) is 7. The van der Waals surface area contributed by atoms with Gasteiger partial charge in [-0.25, -0.2) is 0 Å². The third-order valence-corrected chi connectivity index (χ3v) is 6.04. The predicted molar refractivity (Wildman–Crippen MR) is 133 cm³/mol. The van der Waals surface area contributed by atoms with E-state index in [0.717, 1.165) is 23.1 Å². The fourth-order valence-corrected chi connectivity index (χ4v) is 4.12. The molecule has 182 valence electrons. The highest BCUT2D eigenvalue weighted by Gasteiger charge is 2.22. The average Bonchev–Trinajstić information content (AvgIpc) is 2.90. The standard InChI is InChI=1S/C26H30N6O3/c1-2-11-28-26(35)23-8-9-24(30-29-23)31-12-14-32(15-13-31)25(34)10-7-19-5-3-4-6-22(19)20-16-21(33)18-27-17-20/h3-6,8-9,16-18,33H,2,7,10-15H2,1H3,(H,28,35). The first kappa shape index (κ1) is 24.1. The number of piperazine rings is 1. The van der Waals surface area contributed by atoms with Crippen molar-refractivity contribution in [2.24, 2.45) is 0 Å². The maximum Gasteiger partial charge on any atom is 0.271 e. The van der Waals surface area contributed by atoms with Crippen molar-refractivity contribution in [1.29, 1.82) is 0 Å². The lowest BCUT2D eigenvalue weighted by molar-refractivity contribution is -0.131. The monoisotopic (exact) mass is 474 g/mol. The molecule has 1 fully saturated rings. The Morgan fingerprint density at radius 3 is 2.54 bits per heavy atom. The number of aromatic hydroxyl groups is 1. The summed E-state index contributed by atoms with van der Waals surface area (Å²) in [5.74, 6) is 0.717. The van der Waals surface area contributed by atoms with Gasteiger partial charge in [0.1, 0.15) is 5.75 Å². The van der Waals surface area contributed by atoms with Gasteiger partial charge < -0.3 is 20.2 Å². The molecule has 1 aliphatic rings. The molecule has 4 rings (SSSR count). The number of rotatable bonds is 8. The fourth-order valence-electron chi connectivity index (χ4n) is 4.12. The van der Waals surface area contributed by atoms with E-state index in [0.29, 0.717) is 57.1 Å². The number of hydrogen-bond donors (Lipinski definition) is 2. The minimum absolute atomic E-state index is 0.113. The summed E-state index contributed by atoms with van der Waals surface area (Å²) in [5.41, 5.74) is 3.15. The summed E-state index contributed by atoms with van der Waals surface area (Å²) < 4.78 is 0. The molecule has 2 aromatic heterocycles. The SMILES string of the molecule is CCCNC(=O)c1ccc(N2CCN(C(=O)CCc3ccccc3-c3cncc(O)c3)CC2)nn1. The number of aromatic nitrogens is 3. The molecule has 3 aromatic rings. The highest BCUT2D eigenvalue weighted by molar-refractivity contribution is 5.92. The summed E-state index contributed by atoms with van der Waals surface area (Å²) in [4.78, 5) is 32.9. The van der Waals surface area contributed by atoms with E-state index in [1.165, 1.54) is 6.20 Å². The molecule has 0 radical (unpaired) electrons. The van der Waals surface area contributed by atoms with Gasteiger partial charge in [0.05, 0.1) is 6.20 Å². The topological polar surface area (TPSA) is 112 Å². The lowest BCUT2D eigenvalue weighted by Crippen LogP contribution is -2.49.